The van der Waals surface area contributed by atoms with Gasteiger partial charge in [-0.25, -0.2) is 9.07 Å². The van der Waals surface area contributed by atoms with Crippen LogP contribution in [0, 0.1) is 5.82 Å². The van der Waals surface area contributed by atoms with Crippen LogP contribution < -0.4 is 0 Å². The summed E-state index contributed by atoms with van der Waals surface area (Å²) in [6.07, 6.45) is 9.34. The number of hydrogen-bond acceptors (Lipinski definition) is 3. The molecule has 24 heavy (non-hydrogen) atoms. The number of ether oxygens (including phenoxy) is 1. The zero-order chi connectivity index (χ0) is 17.9. The lowest BCUT2D eigenvalue weighted by Crippen LogP contribution is -2.18. The van der Waals surface area contributed by atoms with Gasteiger partial charge in [-0.3, -0.25) is 0 Å². The highest BCUT2D eigenvalue weighted by Gasteiger charge is 2.19. The summed E-state index contributed by atoms with van der Waals surface area (Å²) in [5.74, 6) is -0.262. The molecule has 134 valence electrons. The van der Waals surface area contributed by atoms with E-state index in [0.717, 1.165) is 41.2 Å². The summed E-state index contributed by atoms with van der Waals surface area (Å²) in [5.41, 5.74) is 0.781. The molecule has 2 fully saturated rings. The van der Waals surface area contributed by atoms with Crippen LogP contribution in [-0.4, -0.2) is 23.2 Å². The molecule has 0 amide bonds. The Hall–Kier alpha value is -1.27. The third kappa shape index (κ3) is 5.98. The Morgan fingerprint density at radius 3 is 2.42 bits per heavy atom. The van der Waals surface area contributed by atoms with Crippen molar-refractivity contribution in [3.63, 3.8) is 0 Å². The van der Waals surface area contributed by atoms with E-state index in [-0.39, 0.29) is 12.0 Å². The minimum absolute atomic E-state index is 0.0602. The van der Waals surface area contributed by atoms with Crippen molar-refractivity contribution in [3.05, 3.63) is 28.6 Å². The first-order valence-corrected chi connectivity index (χ1v) is 9.28. The number of nitrogens with zero attached hydrogens (tertiary/aromatic N) is 2. The predicted molar refractivity (Wildman–Crippen MR) is 98.6 cm³/mol. The number of carbonyl (C=O) groups is 1. The normalized spacial score (nSPS) is 18.2. The number of halogens is 2. The molecule has 0 radical (unpaired) electrons. The quantitative estimate of drug-likeness (QED) is 0.620. The van der Waals surface area contributed by atoms with Gasteiger partial charge >= 0.3 is 0 Å². The first kappa shape index (κ1) is 20.8. The summed E-state index contributed by atoms with van der Waals surface area (Å²) >= 11 is 3.35. The van der Waals surface area contributed by atoms with Crippen molar-refractivity contribution in [2.45, 2.75) is 58.6 Å². The van der Waals surface area contributed by atoms with E-state index >= 15 is 0 Å². The van der Waals surface area contributed by atoms with E-state index in [9.17, 15) is 4.39 Å². The Bertz CT molecular complexity index is 608. The van der Waals surface area contributed by atoms with Gasteiger partial charge in [0.15, 0.2) is 6.23 Å². The van der Waals surface area contributed by atoms with Gasteiger partial charge in [-0.1, -0.05) is 33.1 Å². The van der Waals surface area contributed by atoms with Crippen LogP contribution in [0.5, 0.6) is 0 Å². The van der Waals surface area contributed by atoms with Crippen LogP contribution >= 0.6 is 15.9 Å². The Kier molecular flexibility index (Phi) is 9.79. The molecule has 4 nitrogen and oxygen atoms in total. The summed E-state index contributed by atoms with van der Waals surface area (Å²) in [7, 11) is 0. The van der Waals surface area contributed by atoms with Gasteiger partial charge in [0.2, 0.25) is 0 Å². The number of fused-ring (bicyclic) bond motifs is 1. The highest BCUT2D eigenvalue weighted by Crippen LogP contribution is 2.30. The number of carbonyl (C=O) groups excluding carboxylic acids is 1. The molecule has 0 N–H and O–H groups in total. The molecular weight excluding hydrogens is 375 g/mol. The molecule has 1 aliphatic carbocycles. The fourth-order valence-corrected chi connectivity index (χ4v) is 2.74. The predicted octanol–water partition coefficient (Wildman–Crippen LogP) is 5.65. The minimum atomic E-state index is -0.262. The third-order valence-corrected chi connectivity index (χ3v) is 4.07. The molecule has 2 aliphatic rings. The molecule has 6 heteroatoms. The van der Waals surface area contributed by atoms with Gasteiger partial charge in [-0.05, 0) is 47.3 Å². The summed E-state index contributed by atoms with van der Waals surface area (Å²) in [6, 6.07) is 2.96. The second kappa shape index (κ2) is 11.3. The average molecular weight is 401 g/mol. The number of hydrogen-bond donors (Lipinski definition) is 0. The monoisotopic (exact) mass is 400 g/mol. The van der Waals surface area contributed by atoms with Crippen LogP contribution in [0.1, 0.15) is 58.6 Å². The average Bonchev–Trinajstić information content (AvgIpc) is 3.46. The molecule has 1 atom stereocenters. The fraction of sp³-hybridized carbons (Fsp3) is 0.556. The van der Waals surface area contributed by atoms with E-state index < -0.39 is 0 Å². The van der Waals surface area contributed by atoms with E-state index in [1.54, 1.807) is 10.9 Å². The van der Waals surface area contributed by atoms with Crippen molar-refractivity contribution in [1.29, 1.82) is 0 Å². The molecule has 1 aromatic carbocycles. The van der Waals surface area contributed by atoms with Crippen LogP contribution in [0.25, 0.3) is 10.9 Å². The Morgan fingerprint density at radius 1 is 1.21 bits per heavy atom. The molecule has 4 rings (SSSR count). The van der Waals surface area contributed by atoms with Crippen LogP contribution in [0.4, 0.5) is 4.39 Å². The lowest BCUT2D eigenvalue weighted by Gasteiger charge is -2.23. The van der Waals surface area contributed by atoms with E-state index in [1.165, 1.54) is 31.4 Å². The van der Waals surface area contributed by atoms with Gasteiger partial charge in [-0.15, -0.1) is 0 Å². The second-order valence-corrected chi connectivity index (χ2v) is 6.15. The van der Waals surface area contributed by atoms with Crippen LogP contribution in [0.3, 0.4) is 0 Å². The van der Waals surface area contributed by atoms with Gasteiger partial charge in [-0.2, -0.15) is 5.10 Å². The Morgan fingerprint density at radius 2 is 1.88 bits per heavy atom. The fourth-order valence-electron chi connectivity index (χ4n) is 2.22. The lowest BCUT2D eigenvalue weighted by molar-refractivity contribution is -0.0979. The summed E-state index contributed by atoms with van der Waals surface area (Å²) < 4.78 is 21.6. The molecule has 0 bridgehead atoms. The van der Waals surface area contributed by atoms with Crippen molar-refractivity contribution < 1.29 is 13.9 Å². The standard InChI is InChI=1S/C12H12BrFN2O.C3H6.C2H6.CH2O/c13-10-5-8(14)6-11-9(10)7-15-16(11)12-3-1-2-4-17-12;1-2-3-1;2*1-2/h5-7,12H,1-4H2;1-3H2;1-2H3;1H2. The second-order valence-electron chi connectivity index (χ2n) is 5.29. The zero-order valence-corrected chi connectivity index (χ0v) is 16.0. The van der Waals surface area contributed by atoms with E-state index in [4.69, 9.17) is 9.53 Å². The van der Waals surface area contributed by atoms with Crippen molar-refractivity contribution in [2.75, 3.05) is 6.61 Å². The lowest BCUT2D eigenvalue weighted by atomic mass is 10.2. The summed E-state index contributed by atoms with van der Waals surface area (Å²) in [5, 5.41) is 5.23. The molecule has 0 spiro atoms. The molecular formula is C18H26BrFN2O2. The van der Waals surface area contributed by atoms with Crippen molar-refractivity contribution in [2.24, 2.45) is 0 Å². The molecule has 1 aliphatic heterocycles. The van der Waals surface area contributed by atoms with Crippen LogP contribution in [0.2, 0.25) is 0 Å². The van der Waals surface area contributed by atoms with E-state index in [0.29, 0.717) is 0 Å². The maximum atomic E-state index is 13.4. The smallest absolute Gasteiger partial charge is 0.150 e. The van der Waals surface area contributed by atoms with Crippen LogP contribution in [-0.2, 0) is 9.53 Å². The summed E-state index contributed by atoms with van der Waals surface area (Å²) in [6.45, 7) is 6.75. The number of aromatic nitrogens is 2. The summed E-state index contributed by atoms with van der Waals surface area (Å²) in [4.78, 5) is 8.00. The van der Waals surface area contributed by atoms with Gasteiger partial charge in [0, 0.05) is 16.5 Å². The van der Waals surface area contributed by atoms with E-state index in [2.05, 4.69) is 21.0 Å². The van der Waals surface area contributed by atoms with Crippen molar-refractivity contribution in [1.82, 2.24) is 9.78 Å². The third-order valence-electron chi connectivity index (χ3n) is 3.41. The highest BCUT2D eigenvalue weighted by atomic mass is 79.9. The number of benzene rings is 1. The Labute approximate surface area is 151 Å². The zero-order valence-electron chi connectivity index (χ0n) is 14.4. The number of rotatable bonds is 1. The van der Waals surface area contributed by atoms with Gasteiger partial charge < -0.3 is 9.53 Å². The Balaban J connectivity index is 0.000000354. The van der Waals surface area contributed by atoms with Crippen LogP contribution in [0.15, 0.2) is 22.8 Å². The van der Waals surface area contributed by atoms with Gasteiger partial charge in [0.05, 0.1) is 11.7 Å². The minimum Gasteiger partial charge on any atom is -0.356 e. The highest BCUT2D eigenvalue weighted by molar-refractivity contribution is 9.10. The first-order valence-electron chi connectivity index (χ1n) is 8.48. The largest absolute Gasteiger partial charge is 0.356 e. The van der Waals surface area contributed by atoms with Gasteiger partial charge in [0.1, 0.15) is 12.6 Å². The molecule has 2 heterocycles. The van der Waals surface area contributed by atoms with Gasteiger partial charge in [0.25, 0.3) is 0 Å². The topological polar surface area (TPSA) is 44.1 Å². The van der Waals surface area contributed by atoms with E-state index in [1.807, 2.05) is 20.6 Å². The first-order chi connectivity index (χ1) is 11.8. The molecule has 1 saturated heterocycles. The van der Waals surface area contributed by atoms with Crippen molar-refractivity contribution >= 4 is 33.6 Å². The molecule has 1 saturated carbocycles. The molecule has 1 unspecified atom stereocenters. The molecule has 1 aromatic heterocycles. The maximum absolute atomic E-state index is 13.4. The van der Waals surface area contributed by atoms with Crippen molar-refractivity contribution in [3.8, 4) is 0 Å². The maximum Gasteiger partial charge on any atom is 0.150 e. The molecule has 2 aromatic rings. The SMILES string of the molecule is C1CC1.C=O.CC.Fc1cc(Br)c2cnn(C3CCCCO3)c2c1.